The van der Waals surface area contributed by atoms with Crippen molar-refractivity contribution in [3.63, 3.8) is 0 Å². The lowest BCUT2D eigenvalue weighted by Crippen LogP contribution is -2.61. The summed E-state index contributed by atoms with van der Waals surface area (Å²) in [4.78, 5) is 22.2. The Morgan fingerprint density at radius 2 is 1.76 bits per heavy atom. The van der Waals surface area contributed by atoms with Gasteiger partial charge in [-0.3, -0.25) is 9.80 Å². The fourth-order valence-electron chi connectivity index (χ4n) is 8.47. The summed E-state index contributed by atoms with van der Waals surface area (Å²) in [6, 6.07) is 10.7. The summed E-state index contributed by atoms with van der Waals surface area (Å²) in [5, 5.41) is 18.9. The Hall–Kier alpha value is -3.15. The Labute approximate surface area is 266 Å². The van der Waals surface area contributed by atoms with Crippen LogP contribution in [0, 0.1) is 5.41 Å². The van der Waals surface area contributed by atoms with Crippen LogP contribution in [-0.2, 0) is 9.47 Å². The maximum absolute atomic E-state index is 12.5. The maximum atomic E-state index is 12.5. The number of amides is 1. The minimum Gasteiger partial charge on any atom is -0.507 e. The average molecular weight is 620 g/mol. The van der Waals surface area contributed by atoms with E-state index in [1.165, 1.54) is 25.7 Å². The molecule has 1 saturated carbocycles. The number of fused-ring (bicyclic) bond motifs is 2. The Morgan fingerprint density at radius 3 is 2.44 bits per heavy atom. The molecule has 244 valence electrons. The van der Waals surface area contributed by atoms with E-state index in [1.807, 2.05) is 43.9 Å². The van der Waals surface area contributed by atoms with E-state index in [1.54, 1.807) is 12.1 Å². The van der Waals surface area contributed by atoms with E-state index in [9.17, 15) is 9.90 Å². The lowest BCUT2D eigenvalue weighted by molar-refractivity contribution is -0.106. The van der Waals surface area contributed by atoms with E-state index in [-0.39, 0.29) is 17.9 Å². The van der Waals surface area contributed by atoms with Gasteiger partial charge in [-0.05, 0) is 82.9 Å². The molecule has 1 amide bonds. The first-order chi connectivity index (χ1) is 21.6. The van der Waals surface area contributed by atoms with Crippen molar-refractivity contribution in [2.24, 2.45) is 5.41 Å². The van der Waals surface area contributed by atoms with E-state index >= 15 is 0 Å². The third-order valence-corrected chi connectivity index (χ3v) is 10.9. The third kappa shape index (κ3) is 6.31. The van der Waals surface area contributed by atoms with Gasteiger partial charge in [0.05, 0.1) is 24.1 Å². The molecule has 2 aromatic rings. The number of aromatic nitrogens is 2. The van der Waals surface area contributed by atoms with Crippen molar-refractivity contribution in [2.45, 2.75) is 89.1 Å². The second kappa shape index (κ2) is 11.9. The van der Waals surface area contributed by atoms with Gasteiger partial charge < -0.3 is 30.1 Å². The van der Waals surface area contributed by atoms with E-state index in [0.717, 1.165) is 70.9 Å². The number of likely N-dealkylation sites (tertiary alicyclic amines) is 1. The number of nitrogens with two attached hydrogens (primary N) is 1. The SMILES string of the molecule is CC(C)(C)OC(=O)N1CCC2(CC1)CC(N1CCO[C@@H](CN3C4CCC3CN(c3cc(-c5ccccc5O)nnc3N)C4)C1)C2. The second-order valence-corrected chi connectivity index (χ2v) is 15.0. The number of anilines is 2. The average Bonchev–Trinajstić information content (AvgIpc) is 3.21. The first-order valence-electron chi connectivity index (χ1n) is 16.8. The standard InChI is InChI=1S/C34H49N7O4/c1-33(2,3)45-32(43)38-12-10-34(11-13-38)17-25(18-34)39-14-15-44-26(21-39)22-41-23-8-9-24(41)20-40(19-23)29-16-28(36-37-31(29)35)27-6-4-5-7-30(27)42/h4-7,16,23-26,42H,8-15,17-22H2,1-3H3,(H2,35,37)/t23?,24?,26-/m1/s1. The summed E-state index contributed by atoms with van der Waals surface area (Å²) in [5.74, 6) is 0.622. The summed E-state index contributed by atoms with van der Waals surface area (Å²) < 4.78 is 12.0. The number of hydrogen-bond acceptors (Lipinski definition) is 10. The molecular formula is C34H49N7O4. The number of phenolic OH excluding ortho intramolecular Hbond substituents is 1. The number of carbonyl (C=O) groups excluding carboxylic acids is 1. The van der Waals surface area contributed by atoms with Gasteiger partial charge in [-0.2, -0.15) is 0 Å². The van der Waals surface area contributed by atoms with Gasteiger partial charge in [0.2, 0.25) is 0 Å². The van der Waals surface area contributed by atoms with Crippen LogP contribution in [0.3, 0.4) is 0 Å². The Morgan fingerprint density at radius 1 is 1.04 bits per heavy atom. The molecule has 5 aliphatic rings. The van der Waals surface area contributed by atoms with Crippen LogP contribution in [0.4, 0.5) is 16.3 Å². The molecule has 1 aromatic heterocycles. The first kappa shape index (κ1) is 30.5. The van der Waals surface area contributed by atoms with Gasteiger partial charge in [-0.25, -0.2) is 4.79 Å². The smallest absolute Gasteiger partial charge is 0.410 e. The summed E-state index contributed by atoms with van der Waals surface area (Å²) in [5.41, 5.74) is 8.48. The van der Waals surface area contributed by atoms with Crippen LogP contribution in [-0.4, -0.2) is 118 Å². The number of piperazine rings is 1. The molecule has 4 aliphatic heterocycles. The minimum atomic E-state index is -0.447. The van der Waals surface area contributed by atoms with Crippen LogP contribution in [0.1, 0.15) is 59.3 Å². The molecule has 7 rings (SSSR count). The van der Waals surface area contributed by atoms with Crippen LogP contribution >= 0.6 is 0 Å². The molecular weight excluding hydrogens is 570 g/mol. The van der Waals surface area contributed by atoms with Crippen molar-refractivity contribution in [1.82, 2.24) is 24.9 Å². The molecule has 1 spiro atoms. The lowest BCUT2D eigenvalue weighted by Gasteiger charge is -2.56. The van der Waals surface area contributed by atoms with Crippen molar-refractivity contribution >= 4 is 17.6 Å². The number of nitrogens with zero attached hydrogens (tertiary/aromatic N) is 6. The highest BCUT2D eigenvalue weighted by Crippen LogP contribution is 2.51. The fourth-order valence-corrected chi connectivity index (χ4v) is 8.47. The summed E-state index contributed by atoms with van der Waals surface area (Å²) in [6.45, 7) is 13.0. The van der Waals surface area contributed by atoms with Crippen molar-refractivity contribution < 1.29 is 19.4 Å². The number of carbonyl (C=O) groups is 1. The van der Waals surface area contributed by atoms with E-state index in [2.05, 4.69) is 24.9 Å². The van der Waals surface area contributed by atoms with Crippen molar-refractivity contribution in [3.8, 4) is 17.0 Å². The van der Waals surface area contributed by atoms with Crippen molar-refractivity contribution in [3.05, 3.63) is 30.3 Å². The molecule has 3 N–H and O–H groups in total. The maximum Gasteiger partial charge on any atom is 0.410 e. The van der Waals surface area contributed by atoms with Crippen LogP contribution in [0.15, 0.2) is 30.3 Å². The highest BCUT2D eigenvalue weighted by molar-refractivity contribution is 5.74. The van der Waals surface area contributed by atoms with Gasteiger partial charge in [0.1, 0.15) is 11.4 Å². The quantitative estimate of drug-likeness (QED) is 0.509. The monoisotopic (exact) mass is 619 g/mol. The van der Waals surface area contributed by atoms with Gasteiger partial charge in [-0.15, -0.1) is 10.2 Å². The topological polar surface area (TPSA) is 121 Å². The molecule has 11 heteroatoms. The van der Waals surface area contributed by atoms with Gasteiger partial charge in [0, 0.05) is 69.5 Å². The normalized spacial score (nSPS) is 27.5. The molecule has 1 aliphatic carbocycles. The number of rotatable bonds is 5. The van der Waals surface area contributed by atoms with E-state index < -0.39 is 5.60 Å². The number of aromatic hydroxyl groups is 1. The third-order valence-electron chi connectivity index (χ3n) is 10.9. The number of phenols is 1. The lowest BCUT2D eigenvalue weighted by atomic mass is 9.60. The molecule has 45 heavy (non-hydrogen) atoms. The number of para-hydroxylation sites is 1. The first-order valence-corrected chi connectivity index (χ1v) is 16.8. The molecule has 5 heterocycles. The summed E-state index contributed by atoms with van der Waals surface area (Å²) in [7, 11) is 0. The molecule has 0 radical (unpaired) electrons. The second-order valence-electron chi connectivity index (χ2n) is 15.0. The van der Waals surface area contributed by atoms with Crippen LogP contribution in [0.25, 0.3) is 11.3 Å². The zero-order valence-corrected chi connectivity index (χ0v) is 27.0. The van der Waals surface area contributed by atoms with Gasteiger partial charge >= 0.3 is 6.09 Å². The predicted octanol–water partition coefficient (Wildman–Crippen LogP) is 3.96. The number of ether oxygens (including phenoxy) is 2. The van der Waals surface area contributed by atoms with Crippen LogP contribution in [0.5, 0.6) is 5.75 Å². The van der Waals surface area contributed by atoms with Crippen molar-refractivity contribution in [1.29, 1.82) is 0 Å². The molecule has 5 fully saturated rings. The Balaban J connectivity index is 0.920. The van der Waals surface area contributed by atoms with Crippen LogP contribution < -0.4 is 10.6 Å². The number of nitrogen functional groups attached to an aromatic ring is 1. The molecule has 2 bridgehead atoms. The largest absolute Gasteiger partial charge is 0.507 e. The van der Waals surface area contributed by atoms with Gasteiger partial charge in [-0.1, -0.05) is 12.1 Å². The molecule has 3 atom stereocenters. The number of hydrogen-bond donors (Lipinski definition) is 2. The highest BCUT2D eigenvalue weighted by atomic mass is 16.6. The number of morpholine rings is 1. The van der Waals surface area contributed by atoms with Crippen LogP contribution in [0.2, 0.25) is 0 Å². The molecule has 2 unspecified atom stereocenters. The summed E-state index contributed by atoms with van der Waals surface area (Å²) >= 11 is 0. The Kier molecular flexibility index (Phi) is 8.06. The zero-order valence-electron chi connectivity index (χ0n) is 27.0. The summed E-state index contributed by atoms with van der Waals surface area (Å²) in [6.07, 6.45) is 7.02. The Bertz CT molecular complexity index is 1370. The van der Waals surface area contributed by atoms with Gasteiger partial charge in [0.25, 0.3) is 0 Å². The minimum absolute atomic E-state index is 0.169. The zero-order chi connectivity index (χ0) is 31.3. The number of piperidine rings is 1. The van der Waals surface area contributed by atoms with E-state index in [0.29, 0.717) is 40.6 Å². The molecule has 1 aromatic carbocycles. The molecule has 4 saturated heterocycles. The fraction of sp³-hybridized carbons (Fsp3) is 0.676. The predicted molar refractivity (Wildman–Crippen MR) is 173 cm³/mol. The van der Waals surface area contributed by atoms with E-state index in [4.69, 9.17) is 15.2 Å². The van der Waals surface area contributed by atoms with Gasteiger partial charge in [0.15, 0.2) is 5.82 Å². The number of benzene rings is 1. The van der Waals surface area contributed by atoms with Crippen molar-refractivity contribution in [2.75, 3.05) is 63.1 Å². The highest BCUT2D eigenvalue weighted by Gasteiger charge is 2.49. The molecule has 11 nitrogen and oxygen atoms in total.